The van der Waals surface area contributed by atoms with Crippen LogP contribution in [-0.4, -0.2) is 36.0 Å². The van der Waals surface area contributed by atoms with Crippen molar-refractivity contribution in [1.29, 1.82) is 0 Å². The van der Waals surface area contributed by atoms with E-state index in [1.165, 1.54) is 25.0 Å². The molecule has 0 radical (unpaired) electrons. The molecule has 1 unspecified atom stereocenters. The van der Waals surface area contributed by atoms with Crippen molar-refractivity contribution in [1.82, 2.24) is 10.2 Å². The molecule has 1 aromatic rings. The van der Waals surface area contributed by atoms with Crippen LogP contribution in [0, 0.1) is 5.82 Å². The largest absolute Gasteiger partial charge is 0.348 e. The standard InChI is InChI=1S/C14H17FN2OS/c15-13-4-3-11(19)7-12(13)14(18)16-9-5-6-17(8-9)10-1-2-10/h3-4,7,9-10,19H,1-2,5-6,8H2,(H,16,18). The van der Waals surface area contributed by atoms with Crippen LogP contribution in [0.5, 0.6) is 0 Å². The van der Waals surface area contributed by atoms with Gasteiger partial charge in [0.1, 0.15) is 5.82 Å². The van der Waals surface area contributed by atoms with Gasteiger partial charge in [-0.15, -0.1) is 12.6 Å². The van der Waals surface area contributed by atoms with Crippen LogP contribution >= 0.6 is 12.6 Å². The maximum atomic E-state index is 13.6. The predicted octanol–water partition coefficient (Wildman–Crippen LogP) is 2.08. The lowest BCUT2D eigenvalue weighted by Gasteiger charge is -2.16. The number of benzene rings is 1. The Balaban J connectivity index is 1.63. The van der Waals surface area contributed by atoms with Gasteiger partial charge >= 0.3 is 0 Å². The lowest BCUT2D eigenvalue weighted by molar-refractivity contribution is 0.0933. The number of likely N-dealkylation sites (tertiary alicyclic amines) is 1. The topological polar surface area (TPSA) is 32.3 Å². The molecule has 0 aromatic heterocycles. The van der Waals surface area contributed by atoms with Crippen LogP contribution in [0.25, 0.3) is 0 Å². The van der Waals surface area contributed by atoms with Crippen LogP contribution < -0.4 is 5.32 Å². The molecule has 1 N–H and O–H groups in total. The van der Waals surface area contributed by atoms with Crippen molar-refractivity contribution in [2.75, 3.05) is 13.1 Å². The normalized spacial score (nSPS) is 23.6. The van der Waals surface area contributed by atoms with E-state index >= 15 is 0 Å². The molecule has 5 heteroatoms. The molecular formula is C14H17FN2OS. The van der Waals surface area contributed by atoms with Gasteiger partial charge in [-0.1, -0.05) is 0 Å². The highest BCUT2D eigenvalue weighted by Crippen LogP contribution is 2.29. The Morgan fingerprint density at radius 1 is 1.37 bits per heavy atom. The first-order valence-electron chi connectivity index (χ1n) is 6.67. The molecule has 1 aliphatic carbocycles. The fourth-order valence-corrected chi connectivity index (χ4v) is 2.83. The number of hydrogen-bond donors (Lipinski definition) is 2. The quantitative estimate of drug-likeness (QED) is 0.831. The molecule has 1 amide bonds. The minimum atomic E-state index is -0.493. The van der Waals surface area contributed by atoms with Gasteiger partial charge in [-0.25, -0.2) is 4.39 Å². The van der Waals surface area contributed by atoms with Crippen LogP contribution in [0.3, 0.4) is 0 Å². The number of nitrogens with zero attached hydrogens (tertiary/aromatic N) is 1. The summed E-state index contributed by atoms with van der Waals surface area (Å²) in [5.41, 5.74) is 0.0809. The molecule has 1 saturated heterocycles. The second-order valence-corrected chi connectivity index (χ2v) is 5.87. The molecule has 2 aliphatic rings. The molecule has 0 spiro atoms. The fourth-order valence-electron chi connectivity index (χ4n) is 2.63. The summed E-state index contributed by atoms with van der Waals surface area (Å²) in [5.74, 6) is -0.830. The number of halogens is 1. The summed E-state index contributed by atoms with van der Waals surface area (Å²) < 4.78 is 13.6. The first kappa shape index (κ1) is 12.9. The number of amides is 1. The minimum Gasteiger partial charge on any atom is -0.348 e. The fraction of sp³-hybridized carbons (Fsp3) is 0.500. The van der Waals surface area contributed by atoms with E-state index in [2.05, 4.69) is 22.8 Å². The maximum Gasteiger partial charge on any atom is 0.254 e. The minimum absolute atomic E-state index is 0.0809. The molecule has 1 heterocycles. The molecule has 1 saturated carbocycles. The molecule has 0 bridgehead atoms. The third kappa shape index (κ3) is 2.92. The van der Waals surface area contributed by atoms with Gasteiger partial charge in [-0.05, 0) is 37.5 Å². The Labute approximate surface area is 117 Å². The zero-order chi connectivity index (χ0) is 13.4. The summed E-state index contributed by atoms with van der Waals surface area (Å²) in [4.78, 5) is 15.1. The second kappa shape index (κ2) is 5.13. The van der Waals surface area contributed by atoms with Crippen LogP contribution in [0.1, 0.15) is 29.6 Å². The second-order valence-electron chi connectivity index (χ2n) is 5.35. The zero-order valence-corrected chi connectivity index (χ0v) is 11.5. The van der Waals surface area contributed by atoms with Crippen LogP contribution in [-0.2, 0) is 0 Å². The highest BCUT2D eigenvalue weighted by atomic mass is 32.1. The lowest BCUT2D eigenvalue weighted by atomic mass is 10.1. The lowest BCUT2D eigenvalue weighted by Crippen LogP contribution is -2.37. The molecule has 3 rings (SSSR count). The Morgan fingerprint density at radius 2 is 2.16 bits per heavy atom. The van der Waals surface area contributed by atoms with E-state index in [0.717, 1.165) is 25.6 Å². The van der Waals surface area contributed by atoms with Crippen molar-refractivity contribution in [3.63, 3.8) is 0 Å². The molecule has 2 fully saturated rings. The number of nitrogens with one attached hydrogen (secondary N) is 1. The first-order chi connectivity index (χ1) is 9.13. The van der Waals surface area contributed by atoms with Gasteiger partial charge in [-0.3, -0.25) is 9.69 Å². The molecule has 1 aromatic carbocycles. The van der Waals surface area contributed by atoms with Crippen molar-refractivity contribution in [3.05, 3.63) is 29.6 Å². The zero-order valence-electron chi connectivity index (χ0n) is 10.6. The van der Waals surface area contributed by atoms with Crippen molar-refractivity contribution in [2.45, 2.75) is 36.2 Å². The van der Waals surface area contributed by atoms with Crippen LogP contribution in [0.15, 0.2) is 23.1 Å². The molecule has 1 aliphatic heterocycles. The van der Waals surface area contributed by atoms with Crippen LogP contribution in [0.2, 0.25) is 0 Å². The van der Waals surface area contributed by atoms with Gasteiger partial charge in [0, 0.05) is 30.1 Å². The van der Waals surface area contributed by atoms with Gasteiger partial charge in [-0.2, -0.15) is 0 Å². The van der Waals surface area contributed by atoms with Crippen molar-refractivity contribution in [2.24, 2.45) is 0 Å². The monoisotopic (exact) mass is 280 g/mol. The van der Waals surface area contributed by atoms with E-state index in [-0.39, 0.29) is 17.5 Å². The van der Waals surface area contributed by atoms with E-state index < -0.39 is 5.82 Å². The summed E-state index contributed by atoms with van der Waals surface area (Å²) in [6, 6.07) is 5.15. The Hall–Kier alpha value is -1.07. The van der Waals surface area contributed by atoms with Crippen molar-refractivity contribution in [3.8, 4) is 0 Å². The van der Waals surface area contributed by atoms with E-state index in [0.29, 0.717) is 4.90 Å². The Bertz CT molecular complexity index is 504. The summed E-state index contributed by atoms with van der Waals surface area (Å²) in [6.45, 7) is 1.92. The van der Waals surface area contributed by atoms with Gasteiger partial charge < -0.3 is 5.32 Å². The first-order valence-corrected chi connectivity index (χ1v) is 7.11. The maximum absolute atomic E-state index is 13.6. The van der Waals surface area contributed by atoms with Crippen LogP contribution in [0.4, 0.5) is 4.39 Å². The van der Waals surface area contributed by atoms with E-state index in [1.54, 1.807) is 6.07 Å². The summed E-state index contributed by atoms with van der Waals surface area (Å²) in [7, 11) is 0. The van der Waals surface area contributed by atoms with Gasteiger partial charge in [0.15, 0.2) is 0 Å². The summed E-state index contributed by atoms with van der Waals surface area (Å²) in [6.07, 6.45) is 3.50. The Morgan fingerprint density at radius 3 is 2.89 bits per heavy atom. The SMILES string of the molecule is O=C(NC1CCN(C2CC2)C1)c1cc(S)ccc1F. The molecule has 102 valence electrons. The van der Waals surface area contributed by atoms with E-state index in [4.69, 9.17) is 0 Å². The Kier molecular flexibility index (Phi) is 3.50. The average molecular weight is 280 g/mol. The molecule has 1 atom stereocenters. The number of thiol groups is 1. The summed E-state index contributed by atoms with van der Waals surface area (Å²) >= 11 is 4.14. The van der Waals surface area contributed by atoms with Crippen molar-refractivity contribution >= 4 is 18.5 Å². The molecule has 19 heavy (non-hydrogen) atoms. The molecular weight excluding hydrogens is 263 g/mol. The summed E-state index contributed by atoms with van der Waals surface area (Å²) in [5, 5.41) is 2.92. The average Bonchev–Trinajstić information content (AvgIpc) is 3.13. The van der Waals surface area contributed by atoms with Crippen molar-refractivity contribution < 1.29 is 9.18 Å². The third-order valence-electron chi connectivity index (χ3n) is 3.81. The number of carbonyl (C=O) groups is 1. The van der Waals surface area contributed by atoms with E-state index in [1.807, 2.05) is 0 Å². The van der Waals surface area contributed by atoms with Gasteiger partial charge in [0.2, 0.25) is 0 Å². The molecule has 3 nitrogen and oxygen atoms in total. The van der Waals surface area contributed by atoms with Gasteiger partial charge in [0.05, 0.1) is 5.56 Å². The number of rotatable bonds is 3. The highest BCUT2D eigenvalue weighted by Gasteiger charge is 2.34. The van der Waals surface area contributed by atoms with E-state index in [9.17, 15) is 9.18 Å². The number of hydrogen-bond acceptors (Lipinski definition) is 3. The smallest absolute Gasteiger partial charge is 0.254 e. The number of carbonyl (C=O) groups excluding carboxylic acids is 1. The van der Waals surface area contributed by atoms with Gasteiger partial charge in [0.25, 0.3) is 5.91 Å². The predicted molar refractivity (Wildman–Crippen MR) is 74.1 cm³/mol. The third-order valence-corrected chi connectivity index (χ3v) is 4.09. The highest BCUT2D eigenvalue weighted by molar-refractivity contribution is 7.80.